The molecule has 0 atom stereocenters. The third-order valence-corrected chi connectivity index (χ3v) is 3.08. The van der Waals surface area contributed by atoms with Crippen LogP contribution in [0.4, 0.5) is 0 Å². The van der Waals surface area contributed by atoms with E-state index in [0.717, 1.165) is 17.7 Å². The van der Waals surface area contributed by atoms with Gasteiger partial charge in [0.15, 0.2) is 0 Å². The highest BCUT2D eigenvalue weighted by atomic mass is 32.2. The van der Waals surface area contributed by atoms with Gasteiger partial charge in [0, 0.05) is 6.54 Å². The zero-order chi connectivity index (χ0) is 13.4. The Morgan fingerprint density at radius 2 is 2.17 bits per heavy atom. The number of hydrogen-bond acceptors (Lipinski definition) is 3. The second-order valence-electron chi connectivity index (χ2n) is 3.88. The molecule has 98 valence electrons. The van der Waals surface area contributed by atoms with Crippen molar-refractivity contribution in [1.82, 2.24) is 5.32 Å². The molecule has 0 fully saturated rings. The van der Waals surface area contributed by atoms with Crippen LogP contribution in [0.5, 0.6) is 0 Å². The van der Waals surface area contributed by atoms with E-state index in [9.17, 15) is 9.59 Å². The molecule has 0 heterocycles. The van der Waals surface area contributed by atoms with Crippen LogP contribution in [0.25, 0.3) is 0 Å². The summed E-state index contributed by atoms with van der Waals surface area (Å²) in [5.74, 6) is -0.0229. The van der Waals surface area contributed by atoms with E-state index in [4.69, 9.17) is 5.11 Å². The van der Waals surface area contributed by atoms with Gasteiger partial charge in [0.2, 0.25) is 5.91 Å². The molecule has 0 unspecified atom stereocenters. The number of rotatable bonds is 7. The molecule has 4 nitrogen and oxygen atoms in total. The molecule has 0 saturated heterocycles. The van der Waals surface area contributed by atoms with Crippen molar-refractivity contribution < 1.29 is 14.7 Å². The minimum Gasteiger partial charge on any atom is -0.478 e. The number of carbonyl (C=O) groups is 2. The van der Waals surface area contributed by atoms with Crippen LogP contribution in [0, 0.1) is 0 Å². The van der Waals surface area contributed by atoms with Crippen molar-refractivity contribution in [2.75, 3.05) is 18.6 Å². The highest BCUT2D eigenvalue weighted by Gasteiger charge is 2.06. The molecule has 5 heteroatoms. The highest BCUT2D eigenvalue weighted by molar-refractivity contribution is 7.98. The average molecular weight is 267 g/mol. The molecule has 0 spiro atoms. The van der Waals surface area contributed by atoms with Crippen molar-refractivity contribution in [2.24, 2.45) is 0 Å². The normalized spacial score (nSPS) is 10.1. The summed E-state index contributed by atoms with van der Waals surface area (Å²) in [5, 5.41) is 11.7. The van der Waals surface area contributed by atoms with E-state index < -0.39 is 5.97 Å². The Balaban J connectivity index is 2.44. The molecule has 0 saturated carbocycles. The summed E-state index contributed by atoms with van der Waals surface area (Å²) in [6, 6.07) is 6.46. The van der Waals surface area contributed by atoms with Gasteiger partial charge in [0.05, 0.1) is 12.0 Å². The van der Waals surface area contributed by atoms with Crippen LogP contribution in [0.1, 0.15) is 22.3 Å². The maximum Gasteiger partial charge on any atom is 0.335 e. The van der Waals surface area contributed by atoms with Crippen LogP contribution >= 0.6 is 11.8 Å². The topological polar surface area (TPSA) is 66.4 Å². The van der Waals surface area contributed by atoms with Crippen molar-refractivity contribution >= 4 is 23.6 Å². The number of aromatic carboxylic acids is 1. The molecule has 0 bridgehead atoms. The van der Waals surface area contributed by atoms with Crippen LogP contribution in [0.2, 0.25) is 0 Å². The third kappa shape index (κ3) is 5.23. The molecule has 2 N–H and O–H groups in total. The van der Waals surface area contributed by atoms with Crippen LogP contribution in [0.3, 0.4) is 0 Å². The van der Waals surface area contributed by atoms with Crippen molar-refractivity contribution in [3.8, 4) is 0 Å². The number of benzene rings is 1. The maximum absolute atomic E-state index is 11.6. The van der Waals surface area contributed by atoms with E-state index in [1.807, 2.05) is 6.26 Å². The molecule has 18 heavy (non-hydrogen) atoms. The fourth-order valence-electron chi connectivity index (χ4n) is 1.51. The molecule has 0 aromatic heterocycles. The predicted molar refractivity (Wildman–Crippen MR) is 73.1 cm³/mol. The third-order valence-electron chi connectivity index (χ3n) is 2.39. The van der Waals surface area contributed by atoms with Crippen LogP contribution in [-0.4, -0.2) is 35.5 Å². The van der Waals surface area contributed by atoms with E-state index in [1.54, 1.807) is 23.9 Å². The number of carbonyl (C=O) groups excluding carboxylic acids is 1. The molecule has 0 aliphatic heterocycles. The standard InChI is InChI=1S/C13H17NO3S/c1-18-7-3-6-14-12(15)9-10-4-2-5-11(8-10)13(16)17/h2,4-5,8H,3,6-7,9H2,1H3,(H,14,15)(H,16,17). The van der Waals surface area contributed by atoms with Gasteiger partial charge in [0.25, 0.3) is 0 Å². The number of carboxylic acids is 1. The number of nitrogens with one attached hydrogen (secondary N) is 1. The molecule has 1 aromatic rings. The number of carboxylic acid groups (broad SMARTS) is 1. The summed E-state index contributed by atoms with van der Waals surface area (Å²) in [6.07, 6.45) is 3.20. The van der Waals surface area contributed by atoms with Crippen molar-refractivity contribution in [3.05, 3.63) is 35.4 Å². The molecular weight excluding hydrogens is 250 g/mol. The summed E-state index contributed by atoms with van der Waals surface area (Å²) >= 11 is 1.75. The first-order valence-corrected chi connectivity index (χ1v) is 7.10. The van der Waals surface area contributed by atoms with Gasteiger partial charge in [-0.25, -0.2) is 4.79 Å². The fraction of sp³-hybridized carbons (Fsp3) is 0.385. The van der Waals surface area contributed by atoms with Gasteiger partial charge in [0.1, 0.15) is 0 Å². The maximum atomic E-state index is 11.6. The first-order chi connectivity index (χ1) is 8.63. The van der Waals surface area contributed by atoms with Crippen LogP contribution in [-0.2, 0) is 11.2 Å². The fourth-order valence-corrected chi connectivity index (χ4v) is 1.94. The lowest BCUT2D eigenvalue weighted by atomic mass is 10.1. The Kier molecular flexibility index (Phi) is 6.28. The van der Waals surface area contributed by atoms with E-state index >= 15 is 0 Å². The minimum absolute atomic E-state index is 0.0707. The van der Waals surface area contributed by atoms with E-state index in [1.165, 1.54) is 12.1 Å². The Morgan fingerprint density at radius 3 is 2.83 bits per heavy atom. The summed E-state index contributed by atoms with van der Waals surface area (Å²) in [4.78, 5) is 22.4. The Labute approximate surface area is 111 Å². The van der Waals surface area contributed by atoms with Gasteiger partial charge < -0.3 is 10.4 Å². The van der Waals surface area contributed by atoms with Gasteiger partial charge in [-0.05, 0) is 36.1 Å². The molecular formula is C13H17NO3S. The Bertz CT molecular complexity index is 420. The summed E-state index contributed by atoms with van der Waals surface area (Å²) < 4.78 is 0. The van der Waals surface area contributed by atoms with E-state index in [0.29, 0.717) is 6.54 Å². The lowest BCUT2D eigenvalue weighted by molar-refractivity contribution is -0.120. The Hall–Kier alpha value is -1.49. The monoisotopic (exact) mass is 267 g/mol. The van der Waals surface area contributed by atoms with Crippen LogP contribution in [0.15, 0.2) is 24.3 Å². The van der Waals surface area contributed by atoms with Crippen molar-refractivity contribution in [1.29, 1.82) is 0 Å². The molecule has 0 radical (unpaired) electrons. The predicted octanol–water partition coefficient (Wildman–Crippen LogP) is 1.80. The van der Waals surface area contributed by atoms with Gasteiger partial charge in [-0.15, -0.1) is 0 Å². The zero-order valence-corrected chi connectivity index (χ0v) is 11.1. The molecule has 0 aliphatic rings. The average Bonchev–Trinajstić information content (AvgIpc) is 2.35. The largest absolute Gasteiger partial charge is 0.478 e. The number of hydrogen-bond donors (Lipinski definition) is 2. The second kappa shape index (κ2) is 7.76. The minimum atomic E-state index is -0.975. The van der Waals surface area contributed by atoms with E-state index in [-0.39, 0.29) is 17.9 Å². The SMILES string of the molecule is CSCCCNC(=O)Cc1cccc(C(=O)O)c1. The molecule has 1 rings (SSSR count). The smallest absolute Gasteiger partial charge is 0.335 e. The number of amides is 1. The lowest BCUT2D eigenvalue weighted by Gasteiger charge is -2.05. The van der Waals surface area contributed by atoms with Gasteiger partial charge in [-0.1, -0.05) is 12.1 Å². The van der Waals surface area contributed by atoms with Gasteiger partial charge in [-0.3, -0.25) is 4.79 Å². The highest BCUT2D eigenvalue weighted by Crippen LogP contribution is 2.06. The van der Waals surface area contributed by atoms with E-state index in [2.05, 4.69) is 5.32 Å². The molecule has 0 aliphatic carbocycles. The van der Waals surface area contributed by atoms with Gasteiger partial charge >= 0.3 is 5.97 Å². The summed E-state index contributed by atoms with van der Waals surface area (Å²) in [7, 11) is 0. The first kappa shape index (κ1) is 14.6. The summed E-state index contributed by atoms with van der Waals surface area (Å²) in [6.45, 7) is 0.665. The second-order valence-corrected chi connectivity index (χ2v) is 4.86. The zero-order valence-electron chi connectivity index (χ0n) is 10.3. The molecule has 1 amide bonds. The quantitative estimate of drug-likeness (QED) is 0.739. The van der Waals surface area contributed by atoms with Gasteiger partial charge in [-0.2, -0.15) is 11.8 Å². The first-order valence-electron chi connectivity index (χ1n) is 5.71. The number of thioether (sulfide) groups is 1. The summed E-state index contributed by atoms with van der Waals surface area (Å²) in [5.41, 5.74) is 0.931. The molecule has 1 aromatic carbocycles. The van der Waals surface area contributed by atoms with Crippen LogP contribution < -0.4 is 5.32 Å². The Morgan fingerprint density at radius 1 is 1.39 bits per heavy atom. The van der Waals surface area contributed by atoms with Crippen molar-refractivity contribution in [3.63, 3.8) is 0 Å². The van der Waals surface area contributed by atoms with Crippen molar-refractivity contribution in [2.45, 2.75) is 12.8 Å². The lowest BCUT2D eigenvalue weighted by Crippen LogP contribution is -2.26.